The Morgan fingerprint density at radius 1 is 1.19 bits per heavy atom. The number of oxazole rings is 1. The van der Waals surface area contributed by atoms with Gasteiger partial charge < -0.3 is 15.1 Å². The standard InChI is InChI=1S/C21H22FN3O2/c1-14-5-3-4-6-19(14)15(2)24-21(26)23-12-11-18-13-27-20(25-18)16-7-9-17(22)10-8-16/h3-10,13,15H,11-12H2,1-2H3,(H2,23,24,26). The molecule has 1 unspecified atom stereocenters. The highest BCUT2D eigenvalue weighted by Gasteiger charge is 2.11. The Morgan fingerprint density at radius 3 is 2.67 bits per heavy atom. The summed E-state index contributed by atoms with van der Waals surface area (Å²) in [4.78, 5) is 16.5. The lowest BCUT2D eigenvalue weighted by molar-refractivity contribution is 0.238. The topological polar surface area (TPSA) is 67.2 Å². The quantitative estimate of drug-likeness (QED) is 0.679. The summed E-state index contributed by atoms with van der Waals surface area (Å²) in [6.07, 6.45) is 2.09. The summed E-state index contributed by atoms with van der Waals surface area (Å²) < 4.78 is 18.4. The molecule has 3 aromatic rings. The summed E-state index contributed by atoms with van der Waals surface area (Å²) in [5.74, 6) is 0.128. The predicted molar refractivity (Wildman–Crippen MR) is 102 cm³/mol. The molecule has 0 aliphatic heterocycles. The van der Waals surface area contributed by atoms with Crippen molar-refractivity contribution in [2.45, 2.75) is 26.3 Å². The largest absolute Gasteiger partial charge is 0.444 e. The molecule has 0 aliphatic rings. The van der Waals surface area contributed by atoms with E-state index >= 15 is 0 Å². The smallest absolute Gasteiger partial charge is 0.315 e. The first-order valence-electron chi connectivity index (χ1n) is 8.83. The van der Waals surface area contributed by atoms with Crippen LogP contribution in [0.1, 0.15) is 29.8 Å². The molecule has 2 amide bonds. The first-order valence-corrected chi connectivity index (χ1v) is 8.83. The number of halogens is 1. The maximum atomic E-state index is 13.0. The van der Waals surface area contributed by atoms with Crippen molar-refractivity contribution in [1.29, 1.82) is 0 Å². The van der Waals surface area contributed by atoms with Crippen molar-refractivity contribution >= 4 is 6.03 Å². The lowest BCUT2D eigenvalue weighted by Crippen LogP contribution is -2.38. The molecule has 0 saturated carbocycles. The minimum absolute atomic E-state index is 0.0803. The molecule has 6 heteroatoms. The number of urea groups is 1. The van der Waals surface area contributed by atoms with Crippen LogP contribution in [0.15, 0.2) is 59.2 Å². The number of hydrogen-bond donors (Lipinski definition) is 2. The maximum absolute atomic E-state index is 13.0. The van der Waals surface area contributed by atoms with Gasteiger partial charge in [-0.1, -0.05) is 24.3 Å². The number of nitrogens with zero attached hydrogens (tertiary/aromatic N) is 1. The monoisotopic (exact) mass is 367 g/mol. The highest BCUT2D eigenvalue weighted by Crippen LogP contribution is 2.19. The molecule has 0 aliphatic carbocycles. The third-order valence-electron chi connectivity index (χ3n) is 4.31. The van der Waals surface area contributed by atoms with Crippen LogP contribution in [-0.4, -0.2) is 17.6 Å². The zero-order valence-electron chi connectivity index (χ0n) is 15.3. The van der Waals surface area contributed by atoms with Crippen molar-refractivity contribution in [3.8, 4) is 11.5 Å². The number of rotatable bonds is 6. The molecule has 1 atom stereocenters. The van der Waals surface area contributed by atoms with Crippen LogP contribution in [0.5, 0.6) is 0 Å². The maximum Gasteiger partial charge on any atom is 0.315 e. The molecule has 0 spiro atoms. The molecule has 5 nitrogen and oxygen atoms in total. The van der Waals surface area contributed by atoms with Crippen LogP contribution in [0.2, 0.25) is 0 Å². The van der Waals surface area contributed by atoms with Crippen LogP contribution in [0.3, 0.4) is 0 Å². The van der Waals surface area contributed by atoms with Gasteiger partial charge in [0, 0.05) is 18.5 Å². The van der Waals surface area contributed by atoms with Crippen molar-refractivity contribution in [3.63, 3.8) is 0 Å². The number of carbonyl (C=O) groups excluding carboxylic acids is 1. The van der Waals surface area contributed by atoms with Gasteiger partial charge in [0.25, 0.3) is 0 Å². The second kappa shape index (κ2) is 8.49. The Morgan fingerprint density at radius 2 is 1.93 bits per heavy atom. The fraction of sp³-hybridized carbons (Fsp3) is 0.238. The minimum Gasteiger partial charge on any atom is -0.444 e. The van der Waals surface area contributed by atoms with Crippen molar-refractivity contribution in [3.05, 3.63) is 77.4 Å². The van der Waals surface area contributed by atoms with Gasteiger partial charge in [0.2, 0.25) is 5.89 Å². The third-order valence-corrected chi connectivity index (χ3v) is 4.31. The Labute approximate surface area is 157 Å². The molecular weight excluding hydrogens is 345 g/mol. The van der Waals surface area contributed by atoms with E-state index in [1.807, 2.05) is 38.1 Å². The molecule has 0 bridgehead atoms. The molecule has 2 N–H and O–H groups in total. The van der Waals surface area contributed by atoms with Gasteiger partial charge in [0.05, 0.1) is 11.7 Å². The van der Waals surface area contributed by atoms with E-state index in [0.29, 0.717) is 24.4 Å². The Hall–Kier alpha value is -3.15. The summed E-state index contributed by atoms with van der Waals surface area (Å²) in [6.45, 7) is 4.41. The molecule has 2 aromatic carbocycles. The Bertz CT molecular complexity index is 906. The molecule has 1 heterocycles. The lowest BCUT2D eigenvalue weighted by Gasteiger charge is -2.16. The summed E-state index contributed by atoms with van der Waals surface area (Å²) >= 11 is 0. The summed E-state index contributed by atoms with van der Waals surface area (Å²) in [5.41, 5.74) is 3.66. The molecule has 0 fully saturated rings. The zero-order chi connectivity index (χ0) is 19.2. The van der Waals surface area contributed by atoms with E-state index < -0.39 is 0 Å². The van der Waals surface area contributed by atoms with Gasteiger partial charge in [-0.2, -0.15) is 0 Å². The highest BCUT2D eigenvalue weighted by molar-refractivity contribution is 5.74. The lowest BCUT2D eigenvalue weighted by atomic mass is 10.0. The number of hydrogen-bond acceptors (Lipinski definition) is 3. The average molecular weight is 367 g/mol. The van der Waals surface area contributed by atoms with Crippen molar-refractivity contribution in [2.24, 2.45) is 0 Å². The molecule has 0 saturated heterocycles. The number of nitrogens with one attached hydrogen (secondary N) is 2. The van der Waals surface area contributed by atoms with Gasteiger partial charge >= 0.3 is 6.03 Å². The highest BCUT2D eigenvalue weighted by atomic mass is 19.1. The van der Waals surface area contributed by atoms with E-state index in [4.69, 9.17) is 4.42 Å². The first-order chi connectivity index (χ1) is 13.0. The summed E-state index contributed by atoms with van der Waals surface area (Å²) in [5, 5.41) is 5.76. The van der Waals surface area contributed by atoms with E-state index in [1.165, 1.54) is 12.1 Å². The van der Waals surface area contributed by atoms with Crippen LogP contribution < -0.4 is 10.6 Å². The number of aryl methyl sites for hydroxylation is 1. The normalized spacial score (nSPS) is 11.8. The fourth-order valence-corrected chi connectivity index (χ4v) is 2.85. The second-order valence-electron chi connectivity index (χ2n) is 6.38. The summed E-state index contributed by atoms with van der Waals surface area (Å²) in [6, 6.07) is 13.6. The van der Waals surface area contributed by atoms with Crippen molar-refractivity contribution in [1.82, 2.24) is 15.6 Å². The molecule has 140 valence electrons. The SMILES string of the molecule is Cc1ccccc1C(C)NC(=O)NCCc1coc(-c2ccc(F)cc2)n1. The Balaban J connectivity index is 1.48. The second-order valence-corrected chi connectivity index (χ2v) is 6.38. The average Bonchev–Trinajstić information content (AvgIpc) is 3.11. The molecule has 0 radical (unpaired) electrons. The van der Waals surface area contributed by atoms with Crippen LogP contribution in [-0.2, 0) is 6.42 Å². The van der Waals surface area contributed by atoms with E-state index in [9.17, 15) is 9.18 Å². The summed E-state index contributed by atoms with van der Waals surface area (Å²) in [7, 11) is 0. The van der Waals surface area contributed by atoms with E-state index in [2.05, 4.69) is 15.6 Å². The van der Waals surface area contributed by atoms with Crippen LogP contribution in [0.25, 0.3) is 11.5 Å². The predicted octanol–water partition coefficient (Wildman–Crippen LogP) is 4.39. The first kappa shape index (κ1) is 18.6. The van der Waals surface area contributed by atoms with Gasteiger partial charge in [-0.15, -0.1) is 0 Å². The third kappa shape index (κ3) is 4.94. The van der Waals surface area contributed by atoms with Gasteiger partial charge in [-0.05, 0) is 49.2 Å². The van der Waals surface area contributed by atoms with Gasteiger partial charge in [0.15, 0.2) is 0 Å². The van der Waals surface area contributed by atoms with Crippen LogP contribution in [0, 0.1) is 12.7 Å². The number of aromatic nitrogens is 1. The van der Waals surface area contributed by atoms with Crippen molar-refractivity contribution < 1.29 is 13.6 Å². The molecule has 27 heavy (non-hydrogen) atoms. The van der Waals surface area contributed by atoms with Gasteiger partial charge in [-0.25, -0.2) is 14.2 Å². The minimum atomic E-state index is -0.305. The van der Waals surface area contributed by atoms with Crippen molar-refractivity contribution in [2.75, 3.05) is 6.54 Å². The van der Waals surface area contributed by atoms with E-state index in [1.54, 1.807) is 18.4 Å². The molecule has 1 aromatic heterocycles. The fourth-order valence-electron chi connectivity index (χ4n) is 2.85. The van der Waals surface area contributed by atoms with E-state index in [0.717, 1.165) is 16.8 Å². The zero-order valence-corrected chi connectivity index (χ0v) is 15.3. The number of benzene rings is 2. The molecular formula is C21H22FN3O2. The molecule has 3 rings (SSSR count). The number of amides is 2. The van der Waals surface area contributed by atoms with Gasteiger partial charge in [0.1, 0.15) is 12.1 Å². The van der Waals surface area contributed by atoms with E-state index in [-0.39, 0.29) is 17.9 Å². The van der Waals surface area contributed by atoms with Crippen LogP contribution in [0.4, 0.5) is 9.18 Å². The number of carbonyl (C=O) groups is 1. The van der Waals surface area contributed by atoms with Crippen LogP contribution >= 0.6 is 0 Å². The van der Waals surface area contributed by atoms with Gasteiger partial charge in [-0.3, -0.25) is 0 Å². The Kier molecular flexibility index (Phi) is 5.86.